The monoisotopic (exact) mass is 616 g/mol. The fourth-order valence-electron chi connectivity index (χ4n) is 4.72. The molecule has 0 spiro atoms. The van der Waals surface area contributed by atoms with Crippen LogP contribution in [-0.2, 0) is 16.1 Å². The van der Waals surface area contributed by atoms with Crippen LogP contribution in [0.5, 0.6) is 11.5 Å². The van der Waals surface area contributed by atoms with Crippen molar-refractivity contribution in [1.29, 1.82) is 0 Å². The van der Waals surface area contributed by atoms with Crippen molar-refractivity contribution in [3.63, 3.8) is 0 Å². The first-order valence-electron chi connectivity index (χ1n) is 14.2. The molecule has 0 aliphatic carbocycles. The van der Waals surface area contributed by atoms with Crippen LogP contribution in [0.2, 0.25) is 0 Å². The number of rotatable bonds is 12. The predicted molar refractivity (Wildman–Crippen MR) is 171 cm³/mol. The molecule has 1 N–H and O–H groups in total. The van der Waals surface area contributed by atoms with Gasteiger partial charge in [0.1, 0.15) is 23.4 Å². The minimum Gasteiger partial charge on any atom is -0.497 e. The van der Waals surface area contributed by atoms with E-state index in [-0.39, 0.29) is 29.9 Å². The summed E-state index contributed by atoms with van der Waals surface area (Å²) in [5.41, 5.74) is 4.42. The Morgan fingerprint density at radius 3 is 2.11 bits per heavy atom. The van der Waals surface area contributed by atoms with E-state index in [0.717, 1.165) is 17.0 Å². The number of aryl methyl sites for hydroxylation is 2. The third kappa shape index (κ3) is 8.35. The molecule has 0 aliphatic rings. The van der Waals surface area contributed by atoms with Crippen LogP contribution < -0.4 is 14.8 Å². The Hall–Kier alpha value is -4.44. The van der Waals surface area contributed by atoms with Crippen molar-refractivity contribution in [3.05, 3.63) is 107 Å². The van der Waals surface area contributed by atoms with Gasteiger partial charge < -0.3 is 19.7 Å². The summed E-state index contributed by atoms with van der Waals surface area (Å²) in [5, 5.41) is 3.44. The van der Waals surface area contributed by atoms with Gasteiger partial charge in [0.25, 0.3) is 5.91 Å². The number of amides is 2. The van der Waals surface area contributed by atoms with Gasteiger partial charge in [-0.3, -0.25) is 9.59 Å². The van der Waals surface area contributed by atoms with Crippen LogP contribution in [0.3, 0.4) is 0 Å². The van der Waals surface area contributed by atoms with Crippen molar-refractivity contribution in [1.82, 2.24) is 14.9 Å². The number of carbonyl (C=O) groups is 2. The van der Waals surface area contributed by atoms with Gasteiger partial charge in [-0.05, 0) is 66.8 Å². The van der Waals surface area contributed by atoms with E-state index in [1.807, 2.05) is 44.2 Å². The molecule has 0 aliphatic heterocycles. The van der Waals surface area contributed by atoms with Crippen LogP contribution in [0.1, 0.15) is 53.9 Å². The molecule has 44 heavy (non-hydrogen) atoms. The molecule has 1 aromatic heterocycles. The molecule has 4 aromatic rings. The van der Waals surface area contributed by atoms with E-state index in [1.54, 1.807) is 37.4 Å². The first-order chi connectivity index (χ1) is 21.1. The Labute approximate surface area is 262 Å². The highest BCUT2D eigenvalue weighted by Gasteiger charge is 2.32. The summed E-state index contributed by atoms with van der Waals surface area (Å²) in [6, 6.07) is 19.5. The third-order valence-corrected chi connectivity index (χ3v) is 7.85. The lowest BCUT2D eigenvalue weighted by Gasteiger charge is -2.32. The Morgan fingerprint density at radius 1 is 0.886 bits per heavy atom. The average molecular weight is 617 g/mol. The molecule has 0 bridgehead atoms. The number of ether oxygens (including phenoxy) is 2. The van der Waals surface area contributed by atoms with E-state index < -0.39 is 11.9 Å². The maximum absolute atomic E-state index is 14.2. The van der Waals surface area contributed by atoms with E-state index in [9.17, 15) is 14.0 Å². The second-order valence-electron chi connectivity index (χ2n) is 10.6. The van der Waals surface area contributed by atoms with E-state index in [2.05, 4.69) is 29.1 Å². The number of benzene rings is 3. The lowest BCUT2D eigenvalue weighted by molar-refractivity contribution is -0.137. The molecule has 1 heterocycles. The highest BCUT2D eigenvalue weighted by atomic mass is 32.2. The molecule has 230 valence electrons. The maximum atomic E-state index is 14.2. The summed E-state index contributed by atoms with van der Waals surface area (Å²) in [4.78, 5) is 38.7. The molecule has 0 saturated heterocycles. The highest BCUT2D eigenvalue weighted by molar-refractivity contribution is 7.99. The first-order valence-corrected chi connectivity index (χ1v) is 15.2. The van der Waals surface area contributed by atoms with Gasteiger partial charge in [0.2, 0.25) is 5.91 Å². The van der Waals surface area contributed by atoms with Crippen molar-refractivity contribution in [2.24, 2.45) is 0 Å². The van der Waals surface area contributed by atoms with Crippen LogP contribution in [0.15, 0.2) is 78.0 Å². The summed E-state index contributed by atoms with van der Waals surface area (Å²) in [6.45, 7) is 7.99. The largest absolute Gasteiger partial charge is 0.497 e. The third-order valence-electron chi connectivity index (χ3n) is 7.02. The topological polar surface area (TPSA) is 93.7 Å². The van der Waals surface area contributed by atoms with Gasteiger partial charge in [-0.1, -0.05) is 62.0 Å². The molecule has 1 atom stereocenters. The fourth-order valence-corrected chi connectivity index (χ4v) is 5.55. The summed E-state index contributed by atoms with van der Waals surface area (Å²) >= 11 is 1.20. The van der Waals surface area contributed by atoms with Gasteiger partial charge in [-0.2, -0.15) is 0 Å². The zero-order valence-corrected chi connectivity index (χ0v) is 26.6. The average Bonchev–Trinajstić information content (AvgIpc) is 3.00. The molecule has 8 nitrogen and oxygen atoms in total. The van der Waals surface area contributed by atoms with Gasteiger partial charge in [-0.25, -0.2) is 14.4 Å². The number of nitrogens with zero attached hydrogens (tertiary/aromatic N) is 3. The minimum atomic E-state index is -1.03. The zero-order valence-electron chi connectivity index (χ0n) is 25.8. The summed E-state index contributed by atoms with van der Waals surface area (Å²) in [5.74, 6) is 0.116. The number of carbonyl (C=O) groups excluding carboxylic acids is 2. The van der Waals surface area contributed by atoms with Crippen LogP contribution in [0, 0.1) is 19.7 Å². The van der Waals surface area contributed by atoms with Crippen molar-refractivity contribution < 1.29 is 23.5 Å². The minimum absolute atomic E-state index is 0.0101. The quantitative estimate of drug-likeness (QED) is 0.137. The van der Waals surface area contributed by atoms with Crippen LogP contribution >= 0.6 is 11.8 Å². The van der Waals surface area contributed by atoms with Crippen LogP contribution in [0.4, 0.5) is 10.1 Å². The second-order valence-corrected chi connectivity index (χ2v) is 11.6. The van der Waals surface area contributed by atoms with Crippen molar-refractivity contribution >= 4 is 29.3 Å². The fraction of sp³-hybridized carbons (Fsp3) is 0.294. The van der Waals surface area contributed by atoms with Gasteiger partial charge in [-0.15, -0.1) is 0 Å². The molecular weight excluding hydrogens is 579 g/mol. The number of methoxy groups -OCH3 is 2. The van der Waals surface area contributed by atoms with Gasteiger partial charge >= 0.3 is 0 Å². The number of nitrogens with one attached hydrogen (secondary N) is 1. The molecule has 1 unspecified atom stereocenters. The van der Waals surface area contributed by atoms with E-state index in [1.165, 1.54) is 35.9 Å². The maximum Gasteiger partial charge on any atom is 0.251 e. The number of anilines is 1. The SMILES string of the molecule is COc1ccc(NC(=O)C(c2ccc(C(C)C)cc2)N(Cc2ccc(F)cc2)C(=O)CSc2nc(C)cc(C)n2)c(OC)c1. The normalized spacial score (nSPS) is 11.6. The van der Waals surface area contributed by atoms with Gasteiger partial charge in [0, 0.05) is 24.0 Å². The molecule has 4 rings (SSSR count). The smallest absolute Gasteiger partial charge is 0.251 e. The summed E-state index contributed by atoms with van der Waals surface area (Å²) in [7, 11) is 3.05. The van der Waals surface area contributed by atoms with Gasteiger partial charge in [0.15, 0.2) is 5.16 Å². The number of aromatic nitrogens is 2. The molecule has 0 radical (unpaired) electrons. The van der Waals surface area contributed by atoms with Crippen molar-refractivity contribution in [2.75, 3.05) is 25.3 Å². The van der Waals surface area contributed by atoms with Crippen LogP contribution in [0.25, 0.3) is 0 Å². The number of hydrogen-bond acceptors (Lipinski definition) is 7. The van der Waals surface area contributed by atoms with E-state index in [0.29, 0.717) is 33.5 Å². The Kier molecular flexibility index (Phi) is 10.9. The molecule has 0 fully saturated rings. The Balaban J connectivity index is 1.75. The molecule has 2 amide bonds. The standard InChI is InChI=1S/C34H37FN4O4S/c1-21(2)25-9-11-26(12-10-25)32(33(41)38-29-16-15-28(42-5)18-30(29)43-6)39(19-24-7-13-27(35)14-8-24)31(40)20-44-34-36-22(3)17-23(4)37-34/h7-18,21,32H,19-20H2,1-6H3,(H,38,41). The number of halogens is 1. The molecule has 10 heteroatoms. The highest BCUT2D eigenvalue weighted by Crippen LogP contribution is 2.33. The van der Waals surface area contributed by atoms with Crippen molar-refractivity contribution in [2.45, 2.75) is 51.4 Å². The number of hydrogen-bond donors (Lipinski definition) is 1. The first kappa shape index (κ1) is 32.5. The Morgan fingerprint density at radius 2 is 1.52 bits per heavy atom. The molecular formula is C34H37FN4O4S. The summed E-state index contributed by atoms with van der Waals surface area (Å²) in [6.07, 6.45) is 0. The zero-order chi connectivity index (χ0) is 31.8. The number of thioether (sulfide) groups is 1. The van der Waals surface area contributed by atoms with Crippen LogP contribution in [-0.4, -0.2) is 46.7 Å². The van der Waals surface area contributed by atoms with Gasteiger partial charge in [0.05, 0.1) is 25.7 Å². The lowest BCUT2D eigenvalue weighted by atomic mass is 9.97. The molecule has 3 aromatic carbocycles. The summed E-state index contributed by atoms with van der Waals surface area (Å²) < 4.78 is 24.6. The Bertz CT molecular complexity index is 1580. The van der Waals surface area contributed by atoms with E-state index in [4.69, 9.17) is 9.47 Å². The van der Waals surface area contributed by atoms with E-state index >= 15 is 0 Å². The predicted octanol–water partition coefficient (Wildman–Crippen LogP) is 6.87. The molecule has 0 saturated carbocycles. The lowest BCUT2D eigenvalue weighted by Crippen LogP contribution is -2.42. The van der Waals surface area contributed by atoms with Crippen molar-refractivity contribution in [3.8, 4) is 11.5 Å². The second kappa shape index (κ2) is 14.8.